The summed E-state index contributed by atoms with van der Waals surface area (Å²) in [6, 6.07) is 0. The topological polar surface area (TPSA) is 43.8 Å². The van der Waals surface area contributed by atoms with Crippen LogP contribution in [0.3, 0.4) is 0 Å². The lowest BCUT2D eigenvalue weighted by Gasteiger charge is -2.20. The Bertz CT molecular complexity index is 172. The molecule has 0 heterocycles. The molecular weight excluding hydrogens is 192 g/mol. The largest absolute Gasteiger partial charge is 0.481 e. The Morgan fingerprint density at radius 3 is 2.20 bits per heavy atom. The zero-order valence-corrected chi connectivity index (χ0v) is 10.2. The van der Waals surface area contributed by atoms with Crippen LogP contribution in [0.15, 0.2) is 0 Å². The second kappa shape index (κ2) is 8.68. The van der Waals surface area contributed by atoms with Crippen molar-refractivity contribution in [2.24, 2.45) is 0 Å². The van der Waals surface area contributed by atoms with Gasteiger partial charge in [0.25, 0.3) is 0 Å². The molecule has 4 nitrogen and oxygen atoms in total. The maximum Gasteiger partial charge on any atom is 0.303 e. The first-order valence-corrected chi connectivity index (χ1v) is 5.65. The lowest BCUT2D eigenvalue weighted by Crippen LogP contribution is -2.28. The molecule has 0 aromatic carbocycles. The Morgan fingerprint density at radius 1 is 1.13 bits per heavy atom. The summed E-state index contributed by atoms with van der Waals surface area (Å²) in [4.78, 5) is 14.8. The number of carboxylic acids is 1. The lowest BCUT2D eigenvalue weighted by atomic mass is 10.2. The third kappa shape index (κ3) is 9.69. The number of rotatable bonds is 9. The van der Waals surface area contributed by atoms with Crippen molar-refractivity contribution in [1.82, 2.24) is 9.80 Å². The molecule has 0 aliphatic carbocycles. The zero-order chi connectivity index (χ0) is 11.7. The molecule has 0 fully saturated rings. The summed E-state index contributed by atoms with van der Waals surface area (Å²) < 4.78 is 0. The van der Waals surface area contributed by atoms with Crippen LogP contribution in [-0.2, 0) is 4.79 Å². The molecule has 0 aliphatic rings. The molecule has 0 aromatic rings. The highest BCUT2D eigenvalue weighted by atomic mass is 16.4. The standard InChI is InChI=1S/C11H24N2O2/c1-4-13(9-5-7-11(14)15)10-6-8-12(2)3/h4-10H2,1-3H3,(H,14,15). The van der Waals surface area contributed by atoms with E-state index in [1.54, 1.807) is 0 Å². The van der Waals surface area contributed by atoms with E-state index in [9.17, 15) is 4.79 Å². The summed E-state index contributed by atoms with van der Waals surface area (Å²) in [5.74, 6) is -0.695. The molecule has 4 heteroatoms. The molecule has 1 N–H and O–H groups in total. The van der Waals surface area contributed by atoms with Crippen LogP contribution in [0.25, 0.3) is 0 Å². The molecule has 0 unspecified atom stereocenters. The summed E-state index contributed by atoms with van der Waals surface area (Å²) in [7, 11) is 4.14. The normalized spacial score (nSPS) is 11.3. The van der Waals surface area contributed by atoms with Crippen LogP contribution in [0.2, 0.25) is 0 Å². The smallest absolute Gasteiger partial charge is 0.303 e. The fourth-order valence-corrected chi connectivity index (χ4v) is 1.49. The molecule has 0 saturated carbocycles. The van der Waals surface area contributed by atoms with E-state index in [0.717, 1.165) is 39.0 Å². The summed E-state index contributed by atoms with van der Waals surface area (Å²) in [5, 5.41) is 8.52. The first-order valence-electron chi connectivity index (χ1n) is 5.65. The van der Waals surface area contributed by atoms with Crippen LogP contribution in [0, 0.1) is 0 Å². The number of nitrogens with zero attached hydrogens (tertiary/aromatic N) is 2. The van der Waals surface area contributed by atoms with Gasteiger partial charge >= 0.3 is 5.97 Å². The van der Waals surface area contributed by atoms with Gasteiger partial charge in [0.15, 0.2) is 0 Å². The second-order valence-electron chi connectivity index (χ2n) is 4.09. The number of carboxylic acid groups (broad SMARTS) is 1. The third-order valence-corrected chi connectivity index (χ3v) is 2.39. The van der Waals surface area contributed by atoms with Gasteiger partial charge in [-0.05, 0) is 53.1 Å². The van der Waals surface area contributed by atoms with Crippen molar-refractivity contribution in [3.05, 3.63) is 0 Å². The first kappa shape index (κ1) is 14.4. The Morgan fingerprint density at radius 2 is 1.73 bits per heavy atom. The van der Waals surface area contributed by atoms with Crippen molar-refractivity contribution < 1.29 is 9.90 Å². The Labute approximate surface area is 92.9 Å². The monoisotopic (exact) mass is 216 g/mol. The molecule has 0 radical (unpaired) electrons. The van der Waals surface area contributed by atoms with Gasteiger partial charge in [-0.15, -0.1) is 0 Å². The highest BCUT2D eigenvalue weighted by Gasteiger charge is 2.03. The highest BCUT2D eigenvalue weighted by molar-refractivity contribution is 5.66. The predicted octanol–water partition coefficient (Wildman–Crippen LogP) is 1.12. The lowest BCUT2D eigenvalue weighted by molar-refractivity contribution is -0.137. The molecule has 0 aliphatic heterocycles. The van der Waals surface area contributed by atoms with Gasteiger partial charge in [0, 0.05) is 6.42 Å². The van der Waals surface area contributed by atoms with E-state index < -0.39 is 5.97 Å². The SMILES string of the molecule is CCN(CCCC(=O)O)CCCN(C)C. The van der Waals surface area contributed by atoms with Gasteiger partial charge in [-0.1, -0.05) is 6.92 Å². The maximum atomic E-state index is 10.3. The van der Waals surface area contributed by atoms with Crippen molar-refractivity contribution in [3.63, 3.8) is 0 Å². The van der Waals surface area contributed by atoms with E-state index in [1.165, 1.54) is 0 Å². The number of hydrogen-bond acceptors (Lipinski definition) is 3. The van der Waals surface area contributed by atoms with Gasteiger partial charge in [0.2, 0.25) is 0 Å². The fourth-order valence-electron chi connectivity index (χ4n) is 1.49. The van der Waals surface area contributed by atoms with Gasteiger partial charge in [0.1, 0.15) is 0 Å². The molecular formula is C11H24N2O2. The van der Waals surface area contributed by atoms with Crippen molar-refractivity contribution in [3.8, 4) is 0 Å². The minimum Gasteiger partial charge on any atom is -0.481 e. The number of hydrogen-bond donors (Lipinski definition) is 1. The minimum absolute atomic E-state index is 0.282. The fraction of sp³-hybridized carbons (Fsp3) is 0.909. The van der Waals surface area contributed by atoms with Crippen LogP contribution in [-0.4, -0.2) is 61.2 Å². The number of aliphatic carboxylic acids is 1. The van der Waals surface area contributed by atoms with Crippen LogP contribution in [0.5, 0.6) is 0 Å². The van der Waals surface area contributed by atoms with E-state index in [0.29, 0.717) is 0 Å². The van der Waals surface area contributed by atoms with Crippen LogP contribution < -0.4 is 0 Å². The van der Waals surface area contributed by atoms with E-state index in [4.69, 9.17) is 5.11 Å². The Kier molecular flexibility index (Phi) is 8.33. The van der Waals surface area contributed by atoms with E-state index >= 15 is 0 Å². The van der Waals surface area contributed by atoms with E-state index in [-0.39, 0.29) is 6.42 Å². The van der Waals surface area contributed by atoms with Gasteiger partial charge < -0.3 is 14.9 Å². The van der Waals surface area contributed by atoms with Crippen LogP contribution in [0.1, 0.15) is 26.2 Å². The second-order valence-corrected chi connectivity index (χ2v) is 4.09. The van der Waals surface area contributed by atoms with Crippen LogP contribution in [0.4, 0.5) is 0 Å². The molecule has 0 aromatic heterocycles. The van der Waals surface area contributed by atoms with E-state index in [2.05, 4.69) is 30.8 Å². The van der Waals surface area contributed by atoms with Gasteiger partial charge in [-0.2, -0.15) is 0 Å². The summed E-state index contributed by atoms with van der Waals surface area (Å²) in [6.45, 7) is 6.18. The molecule has 0 atom stereocenters. The average molecular weight is 216 g/mol. The summed E-state index contributed by atoms with van der Waals surface area (Å²) in [6.07, 6.45) is 2.18. The van der Waals surface area contributed by atoms with Crippen LogP contribution >= 0.6 is 0 Å². The first-order chi connectivity index (χ1) is 7.06. The van der Waals surface area contributed by atoms with Crippen molar-refractivity contribution in [1.29, 1.82) is 0 Å². The predicted molar refractivity (Wildman–Crippen MR) is 62.2 cm³/mol. The summed E-state index contributed by atoms with van der Waals surface area (Å²) in [5.41, 5.74) is 0. The quantitative estimate of drug-likeness (QED) is 0.627. The molecule has 0 rings (SSSR count). The maximum absolute atomic E-state index is 10.3. The molecule has 0 bridgehead atoms. The molecule has 0 spiro atoms. The van der Waals surface area contributed by atoms with Gasteiger partial charge in [-0.25, -0.2) is 0 Å². The Balaban J connectivity index is 3.50. The molecule has 0 saturated heterocycles. The molecule has 90 valence electrons. The minimum atomic E-state index is -0.695. The van der Waals surface area contributed by atoms with Gasteiger partial charge in [0.05, 0.1) is 0 Å². The van der Waals surface area contributed by atoms with E-state index in [1.807, 2.05) is 0 Å². The average Bonchev–Trinajstić information content (AvgIpc) is 2.14. The van der Waals surface area contributed by atoms with Crippen molar-refractivity contribution in [2.45, 2.75) is 26.2 Å². The zero-order valence-electron chi connectivity index (χ0n) is 10.2. The third-order valence-electron chi connectivity index (χ3n) is 2.39. The highest BCUT2D eigenvalue weighted by Crippen LogP contribution is 1.97. The van der Waals surface area contributed by atoms with Crippen molar-refractivity contribution >= 4 is 5.97 Å². The number of carbonyl (C=O) groups is 1. The summed E-state index contributed by atoms with van der Waals surface area (Å²) >= 11 is 0. The Hall–Kier alpha value is -0.610. The van der Waals surface area contributed by atoms with Crippen molar-refractivity contribution in [2.75, 3.05) is 40.3 Å². The molecule has 15 heavy (non-hydrogen) atoms. The van der Waals surface area contributed by atoms with Gasteiger partial charge in [-0.3, -0.25) is 4.79 Å². The molecule has 0 amide bonds.